The van der Waals surface area contributed by atoms with Crippen LogP contribution in [0.25, 0.3) is 0 Å². The van der Waals surface area contributed by atoms with E-state index in [9.17, 15) is 18.0 Å². The molecule has 1 aromatic rings. The number of hydrogen-bond donors (Lipinski definition) is 2. The molecule has 0 aliphatic heterocycles. The zero-order valence-electron chi connectivity index (χ0n) is 10.1. The number of nitrogens with one attached hydrogen (secondary N) is 1. The number of alkyl halides is 3. The quantitative estimate of drug-likeness (QED) is 0.894. The van der Waals surface area contributed by atoms with Crippen LogP contribution in [0.2, 0.25) is 5.02 Å². The lowest BCUT2D eigenvalue weighted by atomic mass is 10.1. The summed E-state index contributed by atoms with van der Waals surface area (Å²) in [5.74, 6) is -0.589. The summed E-state index contributed by atoms with van der Waals surface area (Å²) >= 11 is 5.52. The second-order valence-electron chi connectivity index (χ2n) is 4.12. The van der Waals surface area contributed by atoms with Gasteiger partial charge >= 0.3 is 6.18 Å². The number of rotatable bonds is 4. The van der Waals surface area contributed by atoms with E-state index in [1.54, 1.807) is 0 Å². The molecule has 1 atom stereocenters. The van der Waals surface area contributed by atoms with Gasteiger partial charge in [-0.15, -0.1) is 0 Å². The molecular formula is C12H13ClF3NO2. The summed E-state index contributed by atoms with van der Waals surface area (Å²) in [7, 11) is 0. The second kappa shape index (κ2) is 6.25. The average molecular weight is 296 g/mol. The summed E-state index contributed by atoms with van der Waals surface area (Å²) in [5, 5.41) is 11.1. The van der Waals surface area contributed by atoms with Crippen molar-refractivity contribution in [2.45, 2.75) is 32.0 Å². The van der Waals surface area contributed by atoms with Gasteiger partial charge in [-0.05, 0) is 31.5 Å². The van der Waals surface area contributed by atoms with Gasteiger partial charge in [-0.25, -0.2) is 0 Å². The van der Waals surface area contributed by atoms with E-state index in [2.05, 4.69) is 5.32 Å². The number of carbonyl (C=O) groups excluding carboxylic acids is 1. The molecule has 2 N–H and O–H groups in total. The molecule has 0 aliphatic rings. The minimum Gasteiger partial charge on any atom is -0.393 e. The van der Waals surface area contributed by atoms with Crippen molar-refractivity contribution in [3.63, 3.8) is 0 Å². The van der Waals surface area contributed by atoms with Crippen LogP contribution in [0, 0.1) is 0 Å². The van der Waals surface area contributed by atoms with Crippen molar-refractivity contribution in [3.8, 4) is 0 Å². The largest absolute Gasteiger partial charge is 0.418 e. The van der Waals surface area contributed by atoms with Gasteiger partial charge in [0, 0.05) is 11.4 Å². The Hall–Kier alpha value is -1.27. The Morgan fingerprint density at radius 3 is 2.63 bits per heavy atom. The fraction of sp³-hybridized carbons (Fsp3) is 0.417. The maximum atomic E-state index is 12.7. The van der Waals surface area contributed by atoms with Crippen molar-refractivity contribution in [2.24, 2.45) is 0 Å². The Kier molecular flexibility index (Phi) is 5.20. The van der Waals surface area contributed by atoms with E-state index in [4.69, 9.17) is 16.7 Å². The second-order valence-corrected chi connectivity index (χ2v) is 4.56. The summed E-state index contributed by atoms with van der Waals surface area (Å²) in [4.78, 5) is 11.5. The predicted octanol–water partition coefficient (Wildman–Crippen LogP) is 3.46. The van der Waals surface area contributed by atoms with E-state index in [0.717, 1.165) is 12.1 Å². The molecule has 0 saturated carbocycles. The maximum Gasteiger partial charge on any atom is 0.418 e. The first kappa shape index (κ1) is 15.8. The number of aliphatic hydroxyl groups is 1. The van der Waals surface area contributed by atoms with Crippen molar-refractivity contribution >= 4 is 23.2 Å². The van der Waals surface area contributed by atoms with Crippen LogP contribution in [0.5, 0.6) is 0 Å². The standard InChI is InChI=1S/C12H13ClF3NO2/c1-7(18)2-5-11(19)17-10-4-3-8(13)6-9(10)12(14,15)16/h3-4,6-7,18H,2,5H2,1H3,(H,17,19). The minimum atomic E-state index is -4.60. The molecule has 0 radical (unpaired) electrons. The lowest BCUT2D eigenvalue weighted by Crippen LogP contribution is -2.17. The van der Waals surface area contributed by atoms with E-state index >= 15 is 0 Å². The van der Waals surface area contributed by atoms with Crippen molar-refractivity contribution in [2.75, 3.05) is 5.32 Å². The number of amides is 1. The van der Waals surface area contributed by atoms with Gasteiger partial charge in [-0.2, -0.15) is 13.2 Å². The van der Waals surface area contributed by atoms with Gasteiger partial charge in [-0.1, -0.05) is 11.6 Å². The molecule has 1 aromatic carbocycles. The Balaban J connectivity index is 2.86. The summed E-state index contributed by atoms with van der Waals surface area (Å²) in [5.41, 5.74) is -1.34. The molecule has 1 unspecified atom stereocenters. The van der Waals surface area contributed by atoms with Gasteiger partial charge < -0.3 is 10.4 Å². The molecule has 0 spiro atoms. The molecule has 0 heterocycles. The zero-order valence-corrected chi connectivity index (χ0v) is 10.8. The van der Waals surface area contributed by atoms with E-state index in [0.29, 0.717) is 0 Å². The molecule has 0 fully saturated rings. The fourth-order valence-electron chi connectivity index (χ4n) is 1.41. The lowest BCUT2D eigenvalue weighted by Gasteiger charge is -2.14. The van der Waals surface area contributed by atoms with E-state index in [1.807, 2.05) is 0 Å². The van der Waals surface area contributed by atoms with Crippen LogP contribution in [0.4, 0.5) is 18.9 Å². The van der Waals surface area contributed by atoms with Gasteiger partial charge in [0.15, 0.2) is 0 Å². The maximum absolute atomic E-state index is 12.7. The molecule has 1 amide bonds. The van der Waals surface area contributed by atoms with Crippen LogP contribution in [0.1, 0.15) is 25.3 Å². The Bertz CT molecular complexity index is 461. The molecule has 3 nitrogen and oxygen atoms in total. The van der Waals surface area contributed by atoms with Crippen molar-refractivity contribution in [1.82, 2.24) is 0 Å². The highest BCUT2D eigenvalue weighted by Gasteiger charge is 2.34. The minimum absolute atomic E-state index is 0.0579. The highest BCUT2D eigenvalue weighted by atomic mass is 35.5. The molecule has 19 heavy (non-hydrogen) atoms. The lowest BCUT2D eigenvalue weighted by molar-refractivity contribution is -0.137. The van der Waals surface area contributed by atoms with E-state index in [1.165, 1.54) is 13.0 Å². The highest BCUT2D eigenvalue weighted by molar-refractivity contribution is 6.30. The van der Waals surface area contributed by atoms with Gasteiger partial charge in [0.2, 0.25) is 5.91 Å². The van der Waals surface area contributed by atoms with Crippen LogP contribution < -0.4 is 5.32 Å². The number of anilines is 1. The smallest absolute Gasteiger partial charge is 0.393 e. The third kappa shape index (κ3) is 5.08. The topological polar surface area (TPSA) is 49.3 Å². The van der Waals surface area contributed by atoms with Crippen LogP contribution in [0.3, 0.4) is 0 Å². The first-order valence-corrected chi connectivity index (χ1v) is 5.92. The van der Waals surface area contributed by atoms with Gasteiger partial charge in [0.25, 0.3) is 0 Å². The van der Waals surface area contributed by atoms with Crippen molar-refractivity contribution < 1.29 is 23.1 Å². The van der Waals surface area contributed by atoms with Crippen LogP contribution in [-0.4, -0.2) is 17.1 Å². The first-order valence-electron chi connectivity index (χ1n) is 5.55. The van der Waals surface area contributed by atoms with Gasteiger partial charge in [-0.3, -0.25) is 4.79 Å². The van der Waals surface area contributed by atoms with Crippen LogP contribution in [0.15, 0.2) is 18.2 Å². The molecule has 7 heteroatoms. The molecule has 106 valence electrons. The third-order valence-electron chi connectivity index (χ3n) is 2.35. The van der Waals surface area contributed by atoms with Crippen LogP contribution in [-0.2, 0) is 11.0 Å². The number of carbonyl (C=O) groups is 1. The van der Waals surface area contributed by atoms with E-state index < -0.39 is 23.8 Å². The Morgan fingerprint density at radius 2 is 2.11 bits per heavy atom. The molecule has 0 aromatic heterocycles. The summed E-state index contributed by atoms with van der Waals surface area (Å²) in [6.07, 6.45) is -5.16. The summed E-state index contributed by atoms with van der Waals surface area (Å²) < 4.78 is 38.2. The third-order valence-corrected chi connectivity index (χ3v) is 2.59. The SMILES string of the molecule is CC(O)CCC(=O)Nc1ccc(Cl)cc1C(F)(F)F. The highest BCUT2D eigenvalue weighted by Crippen LogP contribution is 2.36. The average Bonchev–Trinajstić information content (AvgIpc) is 2.27. The molecule has 0 bridgehead atoms. The van der Waals surface area contributed by atoms with Crippen molar-refractivity contribution in [1.29, 1.82) is 0 Å². The van der Waals surface area contributed by atoms with E-state index in [-0.39, 0.29) is 23.6 Å². The fourth-order valence-corrected chi connectivity index (χ4v) is 1.58. The van der Waals surface area contributed by atoms with Gasteiger partial charge in [0.1, 0.15) is 0 Å². The summed E-state index contributed by atoms with van der Waals surface area (Å²) in [6, 6.07) is 3.12. The normalized spacial score (nSPS) is 13.2. The first-order chi connectivity index (χ1) is 8.70. The van der Waals surface area contributed by atoms with Crippen molar-refractivity contribution in [3.05, 3.63) is 28.8 Å². The number of hydrogen-bond acceptors (Lipinski definition) is 2. The molecule has 1 rings (SSSR count). The molecule has 0 saturated heterocycles. The molecular weight excluding hydrogens is 283 g/mol. The number of halogens is 4. The van der Waals surface area contributed by atoms with Gasteiger partial charge in [0.05, 0.1) is 17.4 Å². The summed E-state index contributed by atoms with van der Waals surface area (Å²) in [6.45, 7) is 1.50. The Morgan fingerprint density at radius 1 is 1.47 bits per heavy atom. The number of aliphatic hydroxyl groups excluding tert-OH is 1. The predicted molar refractivity (Wildman–Crippen MR) is 66.0 cm³/mol. The van der Waals surface area contributed by atoms with Crippen LogP contribution >= 0.6 is 11.6 Å². The Labute approximate surface area is 113 Å². The molecule has 0 aliphatic carbocycles. The monoisotopic (exact) mass is 295 g/mol. The zero-order chi connectivity index (χ0) is 14.6. The number of benzene rings is 1.